The molecule has 0 aliphatic heterocycles. The van der Waals surface area contributed by atoms with E-state index in [0.717, 1.165) is 12.5 Å². The van der Waals surface area contributed by atoms with Crippen molar-refractivity contribution in [2.75, 3.05) is 13.6 Å². The molecule has 0 heterocycles. The maximum Gasteiger partial charge on any atom is -0.00148 e. The van der Waals surface area contributed by atoms with E-state index in [1.807, 2.05) is 7.05 Å². The average molecular weight is 189 g/mol. The molecule has 2 atom stereocenters. The zero-order chi connectivity index (χ0) is 10.2. The normalized spacial score (nSPS) is 30.4. The van der Waals surface area contributed by atoms with Crippen LogP contribution in [0.4, 0.5) is 0 Å². The van der Waals surface area contributed by atoms with Crippen molar-refractivity contribution in [3.8, 4) is 0 Å². The zero-order valence-electron chi connectivity index (χ0n) is 9.30. The van der Waals surface area contributed by atoms with Crippen molar-refractivity contribution in [2.24, 2.45) is 5.92 Å². The number of aryl methyl sites for hydroxylation is 1. The van der Waals surface area contributed by atoms with Gasteiger partial charge in [0, 0.05) is 0 Å². The largest absolute Gasteiger partial charge is 0.319 e. The van der Waals surface area contributed by atoms with Crippen molar-refractivity contribution in [3.63, 3.8) is 0 Å². The number of hydrogen-bond donors (Lipinski definition) is 1. The highest BCUT2D eigenvalue weighted by Gasteiger charge is 2.50. The molecule has 2 rings (SSSR count). The van der Waals surface area contributed by atoms with Crippen LogP contribution in [-0.4, -0.2) is 13.6 Å². The molecule has 1 saturated carbocycles. The molecule has 1 aromatic rings. The molecule has 1 aromatic carbocycles. The summed E-state index contributed by atoms with van der Waals surface area (Å²) >= 11 is 0. The highest BCUT2D eigenvalue weighted by atomic mass is 14.8. The summed E-state index contributed by atoms with van der Waals surface area (Å²) in [6.07, 6.45) is 1.33. The Morgan fingerprint density at radius 1 is 1.36 bits per heavy atom. The van der Waals surface area contributed by atoms with Crippen molar-refractivity contribution < 1.29 is 0 Å². The van der Waals surface area contributed by atoms with Gasteiger partial charge in [0.25, 0.3) is 0 Å². The van der Waals surface area contributed by atoms with Gasteiger partial charge in [-0.05, 0) is 43.8 Å². The lowest BCUT2D eigenvalue weighted by atomic mass is 9.95. The van der Waals surface area contributed by atoms with Crippen LogP contribution in [-0.2, 0) is 5.41 Å². The van der Waals surface area contributed by atoms with Crippen LogP contribution in [0.5, 0.6) is 0 Å². The zero-order valence-corrected chi connectivity index (χ0v) is 9.30. The average Bonchev–Trinajstić information content (AvgIpc) is 2.80. The lowest BCUT2D eigenvalue weighted by molar-refractivity contribution is 0.617. The summed E-state index contributed by atoms with van der Waals surface area (Å²) in [4.78, 5) is 0. The van der Waals surface area contributed by atoms with Gasteiger partial charge in [0.15, 0.2) is 0 Å². The first-order valence-corrected chi connectivity index (χ1v) is 5.38. The standard InChI is InChI=1S/C13H19N/c1-10-4-6-11(7-5-10)13(2)8-12(13)9-14-3/h4-7,12,14H,8-9H2,1-3H3. The van der Waals surface area contributed by atoms with Gasteiger partial charge in [-0.3, -0.25) is 0 Å². The number of rotatable bonds is 3. The molecular weight excluding hydrogens is 170 g/mol. The molecule has 1 fully saturated rings. The lowest BCUT2D eigenvalue weighted by Crippen LogP contribution is -2.15. The van der Waals surface area contributed by atoms with Crippen molar-refractivity contribution in [2.45, 2.75) is 25.7 Å². The highest BCUT2D eigenvalue weighted by molar-refractivity contribution is 5.34. The van der Waals surface area contributed by atoms with Crippen molar-refractivity contribution in [1.29, 1.82) is 0 Å². The molecule has 0 bridgehead atoms. The molecule has 0 radical (unpaired) electrons. The molecule has 0 amide bonds. The van der Waals surface area contributed by atoms with Gasteiger partial charge in [-0.25, -0.2) is 0 Å². The first kappa shape index (κ1) is 9.72. The van der Waals surface area contributed by atoms with Crippen molar-refractivity contribution >= 4 is 0 Å². The highest BCUT2D eigenvalue weighted by Crippen LogP contribution is 2.53. The van der Waals surface area contributed by atoms with Gasteiger partial charge in [-0.15, -0.1) is 0 Å². The van der Waals surface area contributed by atoms with E-state index in [-0.39, 0.29) is 0 Å². The minimum Gasteiger partial charge on any atom is -0.319 e. The van der Waals surface area contributed by atoms with Gasteiger partial charge in [0.2, 0.25) is 0 Å². The second-order valence-corrected chi connectivity index (χ2v) is 4.74. The van der Waals surface area contributed by atoms with Gasteiger partial charge in [0.05, 0.1) is 0 Å². The Balaban J connectivity index is 2.13. The van der Waals surface area contributed by atoms with E-state index in [0.29, 0.717) is 5.41 Å². The summed E-state index contributed by atoms with van der Waals surface area (Å²) in [7, 11) is 2.04. The number of nitrogens with one attached hydrogen (secondary N) is 1. The predicted molar refractivity (Wildman–Crippen MR) is 60.6 cm³/mol. The Labute approximate surface area is 86.5 Å². The molecule has 0 spiro atoms. The molecule has 1 heteroatoms. The molecule has 76 valence electrons. The summed E-state index contributed by atoms with van der Waals surface area (Å²) in [5, 5.41) is 3.27. The van der Waals surface area contributed by atoms with Crippen LogP contribution in [0.3, 0.4) is 0 Å². The van der Waals surface area contributed by atoms with Crippen LogP contribution < -0.4 is 5.32 Å². The van der Waals surface area contributed by atoms with E-state index in [4.69, 9.17) is 0 Å². The topological polar surface area (TPSA) is 12.0 Å². The second kappa shape index (κ2) is 3.39. The van der Waals surface area contributed by atoms with E-state index in [9.17, 15) is 0 Å². The third kappa shape index (κ3) is 1.57. The smallest absolute Gasteiger partial charge is 0.00148 e. The minimum atomic E-state index is 0.441. The fraction of sp³-hybridized carbons (Fsp3) is 0.538. The van der Waals surface area contributed by atoms with E-state index in [1.54, 1.807) is 0 Å². The molecule has 0 aromatic heterocycles. The van der Waals surface area contributed by atoms with Gasteiger partial charge in [-0.2, -0.15) is 0 Å². The molecular formula is C13H19N. The van der Waals surface area contributed by atoms with Gasteiger partial charge in [0.1, 0.15) is 0 Å². The minimum absolute atomic E-state index is 0.441. The van der Waals surface area contributed by atoms with E-state index < -0.39 is 0 Å². The molecule has 2 unspecified atom stereocenters. The van der Waals surface area contributed by atoms with Crippen LogP contribution in [0.1, 0.15) is 24.5 Å². The fourth-order valence-corrected chi connectivity index (χ4v) is 2.28. The first-order valence-electron chi connectivity index (χ1n) is 5.38. The van der Waals surface area contributed by atoms with E-state index in [1.165, 1.54) is 17.5 Å². The Hall–Kier alpha value is -0.820. The van der Waals surface area contributed by atoms with E-state index in [2.05, 4.69) is 43.4 Å². The summed E-state index contributed by atoms with van der Waals surface area (Å²) < 4.78 is 0. The van der Waals surface area contributed by atoms with Crippen LogP contribution >= 0.6 is 0 Å². The van der Waals surface area contributed by atoms with Gasteiger partial charge < -0.3 is 5.32 Å². The lowest BCUT2D eigenvalue weighted by Gasteiger charge is -2.11. The summed E-state index contributed by atoms with van der Waals surface area (Å²) in [6.45, 7) is 5.66. The molecule has 0 saturated heterocycles. The van der Waals surface area contributed by atoms with Crippen LogP contribution in [0.2, 0.25) is 0 Å². The van der Waals surface area contributed by atoms with Crippen LogP contribution in [0.15, 0.2) is 24.3 Å². The summed E-state index contributed by atoms with van der Waals surface area (Å²) in [5.41, 5.74) is 3.29. The third-order valence-corrected chi connectivity index (χ3v) is 3.57. The molecule has 1 aliphatic carbocycles. The quantitative estimate of drug-likeness (QED) is 0.770. The Morgan fingerprint density at radius 2 is 2.00 bits per heavy atom. The first-order chi connectivity index (χ1) is 6.66. The summed E-state index contributed by atoms with van der Waals surface area (Å²) in [5.74, 6) is 0.829. The second-order valence-electron chi connectivity index (χ2n) is 4.74. The van der Waals surface area contributed by atoms with Gasteiger partial charge >= 0.3 is 0 Å². The maximum absolute atomic E-state index is 3.27. The molecule has 1 N–H and O–H groups in total. The van der Waals surface area contributed by atoms with Crippen LogP contribution in [0, 0.1) is 12.8 Å². The Morgan fingerprint density at radius 3 is 2.57 bits per heavy atom. The SMILES string of the molecule is CNCC1CC1(C)c1ccc(C)cc1. The fourth-order valence-electron chi connectivity index (χ4n) is 2.28. The number of benzene rings is 1. The molecule has 14 heavy (non-hydrogen) atoms. The third-order valence-electron chi connectivity index (χ3n) is 3.57. The number of hydrogen-bond acceptors (Lipinski definition) is 1. The Bertz CT molecular complexity index is 315. The summed E-state index contributed by atoms with van der Waals surface area (Å²) in [6, 6.07) is 9.00. The van der Waals surface area contributed by atoms with Crippen molar-refractivity contribution in [3.05, 3.63) is 35.4 Å². The molecule has 1 aliphatic rings. The molecule has 1 nitrogen and oxygen atoms in total. The monoisotopic (exact) mass is 189 g/mol. The van der Waals surface area contributed by atoms with Crippen LogP contribution in [0.25, 0.3) is 0 Å². The van der Waals surface area contributed by atoms with Gasteiger partial charge in [-0.1, -0.05) is 36.8 Å². The van der Waals surface area contributed by atoms with E-state index >= 15 is 0 Å². The predicted octanol–water partition coefficient (Wildman–Crippen LogP) is 2.49. The van der Waals surface area contributed by atoms with Crippen molar-refractivity contribution in [1.82, 2.24) is 5.32 Å². The Kier molecular flexibility index (Phi) is 2.36. The maximum atomic E-state index is 3.27.